The highest BCUT2D eigenvalue weighted by molar-refractivity contribution is 6.03. The first kappa shape index (κ1) is 27.0. The minimum Gasteiger partial charge on any atom is -0.481 e. The largest absolute Gasteiger partial charge is 0.481 e. The zero-order valence-electron chi connectivity index (χ0n) is 23.5. The Balaban J connectivity index is 1.57. The monoisotopic (exact) mass is 534 g/mol. The van der Waals surface area contributed by atoms with Crippen LogP contribution < -0.4 is 10.1 Å². The lowest BCUT2D eigenvalue weighted by atomic mass is 9.82. The van der Waals surface area contributed by atoms with Crippen LogP contribution in [0.4, 0.5) is 0 Å². The number of carbonyl (C=O) groups excluding carboxylic acids is 1. The first-order chi connectivity index (χ1) is 19.1. The second kappa shape index (κ2) is 10.9. The number of benzene rings is 3. The molecule has 204 valence electrons. The zero-order valence-corrected chi connectivity index (χ0v) is 23.5. The lowest BCUT2D eigenvalue weighted by Gasteiger charge is -2.33. The smallest absolute Gasteiger partial charge is 0.336 e. The molecule has 2 aliphatic rings. The number of nitrogens with one attached hydrogen (secondary N) is 1. The molecule has 1 aliphatic heterocycles. The third-order valence-electron chi connectivity index (χ3n) is 7.42. The van der Waals surface area contributed by atoms with Gasteiger partial charge in [0.2, 0.25) is 0 Å². The van der Waals surface area contributed by atoms with Crippen LogP contribution in [0.2, 0.25) is 0 Å². The number of aromatic carboxylic acids is 1. The molecular formula is C34H34N2O4. The Morgan fingerprint density at radius 2 is 1.70 bits per heavy atom. The van der Waals surface area contributed by atoms with Gasteiger partial charge in [0.05, 0.1) is 5.56 Å². The predicted octanol–water partition coefficient (Wildman–Crippen LogP) is 6.32. The summed E-state index contributed by atoms with van der Waals surface area (Å²) >= 11 is 0. The third kappa shape index (κ3) is 5.30. The first-order valence-corrected chi connectivity index (χ1v) is 13.5. The van der Waals surface area contributed by atoms with Crippen molar-refractivity contribution in [1.29, 1.82) is 0 Å². The van der Waals surface area contributed by atoms with Crippen LogP contribution in [-0.4, -0.2) is 42.1 Å². The summed E-state index contributed by atoms with van der Waals surface area (Å²) in [7, 11) is 3.95. The lowest BCUT2D eigenvalue weighted by Crippen LogP contribution is -2.27. The Kier molecular flexibility index (Phi) is 7.35. The Bertz CT molecular complexity index is 1580. The van der Waals surface area contributed by atoms with Gasteiger partial charge in [-0.25, -0.2) is 4.79 Å². The van der Waals surface area contributed by atoms with E-state index in [-0.39, 0.29) is 17.6 Å². The van der Waals surface area contributed by atoms with Crippen LogP contribution in [0.3, 0.4) is 0 Å². The number of carboxylic acid groups (broad SMARTS) is 1. The molecule has 1 unspecified atom stereocenters. The normalized spacial score (nSPS) is 15.7. The van der Waals surface area contributed by atoms with Gasteiger partial charge < -0.3 is 20.1 Å². The predicted molar refractivity (Wildman–Crippen MR) is 158 cm³/mol. The van der Waals surface area contributed by atoms with Crippen molar-refractivity contribution in [3.8, 4) is 5.75 Å². The summed E-state index contributed by atoms with van der Waals surface area (Å²) in [5.74, 6) is -0.385. The van der Waals surface area contributed by atoms with E-state index in [4.69, 9.17) is 4.74 Å². The molecule has 0 saturated carbocycles. The Labute approximate surface area is 235 Å². The number of carboxylic acids is 1. The van der Waals surface area contributed by atoms with E-state index in [1.54, 1.807) is 12.1 Å². The van der Waals surface area contributed by atoms with Crippen LogP contribution in [0.5, 0.6) is 5.75 Å². The van der Waals surface area contributed by atoms with Crippen molar-refractivity contribution in [3.05, 3.63) is 129 Å². The first-order valence-electron chi connectivity index (χ1n) is 13.5. The summed E-state index contributed by atoms with van der Waals surface area (Å²) in [6.45, 7) is 6.63. The fourth-order valence-corrected chi connectivity index (χ4v) is 5.06. The van der Waals surface area contributed by atoms with E-state index in [0.717, 1.165) is 44.8 Å². The minimum atomic E-state index is -1.09. The quantitative estimate of drug-likeness (QED) is 0.371. The molecule has 0 aromatic heterocycles. The van der Waals surface area contributed by atoms with E-state index in [2.05, 4.69) is 25.2 Å². The average Bonchev–Trinajstić information content (AvgIpc) is 2.94. The lowest BCUT2D eigenvalue weighted by molar-refractivity contribution is 0.0696. The standard InChI is InChI=1S/C34H34N2O4/c1-20(2)23-10-14-27-30(17-23)40-31-18-25(36(4)5)12-15-28(31)32(27)26-13-11-24(16-29(26)34(38)39)33(37)35-19-22-8-6-21(3)7-9-22/h6-18,20,31H,19H2,1-5H3,(H,35,37)(H,38,39). The van der Waals surface area contributed by atoms with Crippen molar-refractivity contribution in [2.75, 3.05) is 14.1 Å². The molecule has 3 aromatic rings. The van der Waals surface area contributed by atoms with Crippen LogP contribution in [0, 0.1) is 6.92 Å². The maximum Gasteiger partial charge on any atom is 0.336 e. The summed E-state index contributed by atoms with van der Waals surface area (Å²) in [4.78, 5) is 27.6. The molecular weight excluding hydrogens is 500 g/mol. The minimum absolute atomic E-state index is 0.0702. The molecule has 6 nitrogen and oxygen atoms in total. The van der Waals surface area contributed by atoms with E-state index in [1.807, 2.05) is 80.5 Å². The fraction of sp³-hybridized carbons (Fsp3) is 0.235. The molecule has 1 amide bonds. The number of aryl methyl sites for hydroxylation is 1. The molecule has 6 heteroatoms. The van der Waals surface area contributed by atoms with Crippen LogP contribution in [0.25, 0.3) is 5.57 Å². The van der Waals surface area contributed by atoms with E-state index in [1.165, 1.54) is 6.07 Å². The van der Waals surface area contributed by atoms with Crippen LogP contribution >= 0.6 is 0 Å². The van der Waals surface area contributed by atoms with Crippen LogP contribution in [0.1, 0.15) is 68.3 Å². The van der Waals surface area contributed by atoms with Crippen molar-refractivity contribution in [1.82, 2.24) is 10.2 Å². The van der Waals surface area contributed by atoms with Gasteiger partial charge in [0.25, 0.3) is 5.91 Å². The van der Waals surface area contributed by atoms with Gasteiger partial charge in [-0.2, -0.15) is 0 Å². The number of likely N-dealkylation sites (N-methyl/N-ethyl adjacent to an activating group) is 1. The summed E-state index contributed by atoms with van der Waals surface area (Å²) in [6.07, 6.45) is 5.69. The van der Waals surface area contributed by atoms with Gasteiger partial charge >= 0.3 is 5.97 Å². The van der Waals surface area contributed by atoms with E-state index >= 15 is 0 Å². The van der Waals surface area contributed by atoms with Crippen LogP contribution in [0.15, 0.2) is 90.2 Å². The molecule has 0 spiro atoms. The number of hydrogen-bond donors (Lipinski definition) is 2. The highest BCUT2D eigenvalue weighted by Crippen LogP contribution is 2.44. The van der Waals surface area contributed by atoms with E-state index in [9.17, 15) is 14.7 Å². The second-order valence-corrected chi connectivity index (χ2v) is 10.8. The van der Waals surface area contributed by atoms with Gasteiger partial charge in [-0.1, -0.05) is 68.0 Å². The second-order valence-electron chi connectivity index (χ2n) is 10.8. The van der Waals surface area contributed by atoms with Crippen LogP contribution in [-0.2, 0) is 6.54 Å². The van der Waals surface area contributed by atoms with Crippen molar-refractivity contribution in [2.45, 2.75) is 39.3 Å². The SMILES string of the molecule is Cc1ccc(CNC(=O)c2ccc(C3=C4C=CC(N(C)C)=CC4Oc4cc(C(C)C)ccc43)c(C(=O)O)c2)cc1. The van der Waals surface area contributed by atoms with Gasteiger partial charge in [-0.3, -0.25) is 4.79 Å². The number of ether oxygens (including phenoxy) is 1. The molecule has 0 fully saturated rings. The number of nitrogens with zero attached hydrogens (tertiary/aromatic N) is 1. The van der Waals surface area contributed by atoms with Crippen molar-refractivity contribution in [3.63, 3.8) is 0 Å². The number of amides is 1. The summed E-state index contributed by atoms with van der Waals surface area (Å²) in [5.41, 5.74) is 7.71. The summed E-state index contributed by atoms with van der Waals surface area (Å²) < 4.78 is 6.48. The van der Waals surface area contributed by atoms with Crippen molar-refractivity contribution in [2.24, 2.45) is 0 Å². The number of fused-ring (bicyclic) bond motifs is 2. The molecule has 0 bridgehead atoms. The zero-order chi connectivity index (χ0) is 28.6. The Morgan fingerprint density at radius 1 is 0.975 bits per heavy atom. The highest BCUT2D eigenvalue weighted by Gasteiger charge is 2.32. The third-order valence-corrected chi connectivity index (χ3v) is 7.42. The maximum atomic E-state index is 13.0. The summed E-state index contributed by atoms with van der Waals surface area (Å²) in [6, 6.07) is 18.9. The van der Waals surface area contributed by atoms with Crippen molar-refractivity contribution >= 4 is 17.4 Å². The number of rotatable bonds is 7. The van der Waals surface area contributed by atoms with E-state index < -0.39 is 5.97 Å². The van der Waals surface area contributed by atoms with Gasteiger partial charge in [-0.05, 0) is 59.9 Å². The Hall–Kier alpha value is -4.58. The number of carbonyl (C=O) groups is 2. The molecule has 1 heterocycles. The van der Waals surface area contributed by atoms with Crippen molar-refractivity contribution < 1.29 is 19.4 Å². The Morgan fingerprint density at radius 3 is 2.38 bits per heavy atom. The highest BCUT2D eigenvalue weighted by atomic mass is 16.5. The van der Waals surface area contributed by atoms with Gasteiger partial charge in [-0.15, -0.1) is 0 Å². The average molecular weight is 535 g/mol. The molecule has 2 N–H and O–H groups in total. The maximum absolute atomic E-state index is 13.0. The molecule has 0 saturated heterocycles. The topological polar surface area (TPSA) is 78.9 Å². The molecule has 1 aliphatic carbocycles. The summed E-state index contributed by atoms with van der Waals surface area (Å²) in [5, 5.41) is 13.2. The number of allylic oxidation sites excluding steroid dienone is 1. The number of hydrogen-bond acceptors (Lipinski definition) is 4. The molecule has 3 aromatic carbocycles. The molecule has 40 heavy (non-hydrogen) atoms. The van der Waals surface area contributed by atoms with Gasteiger partial charge in [0.15, 0.2) is 0 Å². The molecule has 5 rings (SSSR count). The van der Waals surface area contributed by atoms with E-state index in [0.29, 0.717) is 23.6 Å². The fourth-order valence-electron chi connectivity index (χ4n) is 5.06. The molecule has 1 atom stereocenters. The molecule has 0 radical (unpaired) electrons. The van der Waals surface area contributed by atoms with Gasteiger partial charge in [0.1, 0.15) is 11.9 Å². The van der Waals surface area contributed by atoms with Gasteiger partial charge in [0, 0.05) is 48.6 Å².